The van der Waals surface area contributed by atoms with E-state index < -0.39 is 10.0 Å². The summed E-state index contributed by atoms with van der Waals surface area (Å²) in [6, 6.07) is 3.12. The number of hydrogen-bond acceptors (Lipinski definition) is 4. The molecule has 6 heteroatoms. The average molecular weight is 286 g/mol. The highest BCUT2D eigenvalue weighted by Crippen LogP contribution is 2.25. The molecular formula is C13H22N2O3S. The van der Waals surface area contributed by atoms with Gasteiger partial charge in [-0.05, 0) is 37.3 Å². The van der Waals surface area contributed by atoms with Gasteiger partial charge in [-0.1, -0.05) is 13.3 Å². The molecule has 5 nitrogen and oxygen atoms in total. The topological polar surface area (TPSA) is 76.5 Å². The lowest BCUT2D eigenvalue weighted by Crippen LogP contribution is -2.31. The van der Waals surface area contributed by atoms with Crippen molar-refractivity contribution in [1.82, 2.24) is 4.31 Å². The van der Waals surface area contributed by atoms with E-state index in [0.717, 1.165) is 25.7 Å². The maximum Gasteiger partial charge on any atom is 0.276 e. The first-order valence-corrected chi connectivity index (χ1v) is 8.31. The Morgan fingerprint density at radius 3 is 2.79 bits per heavy atom. The van der Waals surface area contributed by atoms with Crippen molar-refractivity contribution in [1.29, 1.82) is 0 Å². The van der Waals surface area contributed by atoms with Crippen molar-refractivity contribution in [2.24, 2.45) is 11.7 Å². The molecule has 0 spiro atoms. The van der Waals surface area contributed by atoms with Crippen LogP contribution in [0.25, 0.3) is 0 Å². The number of furan rings is 1. The minimum absolute atomic E-state index is 0.0166. The van der Waals surface area contributed by atoms with Gasteiger partial charge in [-0.2, -0.15) is 4.31 Å². The quantitative estimate of drug-likeness (QED) is 0.917. The highest BCUT2D eigenvalue weighted by Gasteiger charge is 2.29. The van der Waals surface area contributed by atoms with Gasteiger partial charge in [-0.15, -0.1) is 0 Å². The van der Waals surface area contributed by atoms with Crippen LogP contribution in [0, 0.1) is 5.92 Å². The smallest absolute Gasteiger partial charge is 0.276 e. The third-order valence-electron chi connectivity index (χ3n) is 3.82. The first-order valence-electron chi connectivity index (χ1n) is 6.87. The van der Waals surface area contributed by atoms with E-state index in [1.54, 1.807) is 10.4 Å². The van der Waals surface area contributed by atoms with Gasteiger partial charge in [0.05, 0.1) is 6.54 Å². The summed E-state index contributed by atoms with van der Waals surface area (Å²) in [5.74, 6) is 1.14. The van der Waals surface area contributed by atoms with E-state index in [1.807, 2.05) is 0 Å². The van der Waals surface area contributed by atoms with Gasteiger partial charge in [0.1, 0.15) is 5.76 Å². The molecule has 0 aliphatic carbocycles. The second-order valence-electron chi connectivity index (χ2n) is 5.03. The Balaban J connectivity index is 2.15. The van der Waals surface area contributed by atoms with Gasteiger partial charge in [0.2, 0.25) is 5.09 Å². The largest absolute Gasteiger partial charge is 0.447 e. The second-order valence-corrected chi connectivity index (χ2v) is 6.90. The number of sulfonamides is 1. The van der Waals surface area contributed by atoms with E-state index in [0.29, 0.717) is 24.8 Å². The lowest BCUT2D eigenvalue weighted by atomic mass is 9.98. The van der Waals surface area contributed by atoms with Crippen LogP contribution in [0.4, 0.5) is 0 Å². The normalized spacial score (nSPS) is 22.3. The van der Waals surface area contributed by atoms with Crippen molar-refractivity contribution in [3.05, 3.63) is 17.9 Å². The lowest BCUT2D eigenvalue weighted by Gasteiger charge is -2.18. The zero-order chi connectivity index (χ0) is 13.9. The Bertz CT molecular complexity index is 510. The molecular weight excluding hydrogens is 264 g/mol. The van der Waals surface area contributed by atoms with E-state index in [-0.39, 0.29) is 11.6 Å². The molecule has 0 aromatic carbocycles. The molecule has 0 saturated carbocycles. The van der Waals surface area contributed by atoms with Crippen molar-refractivity contribution in [3.63, 3.8) is 0 Å². The summed E-state index contributed by atoms with van der Waals surface area (Å²) < 4.78 is 31.7. The molecule has 1 atom stereocenters. The highest BCUT2D eigenvalue weighted by molar-refractivity contribution is 7.89. The zero-order valence-corrected chi connectivity index (χ0v) is 12.2. The van der Waals surface area contributed by atoms with Crippen LogP contribution in [0.15, 0.2) is 21.6 Å². The molecule has 2 N–H and O–H groups in total. The molecule has 2 rings (SSSR count). The summed E-state index contributed by atoms with van der Waals surface area (Å²) in [5.41, 5.74) is 5.44. The molecule has 1 aliphatic heterocycles. The van der Waals surface area contributed by atoms with E-state index in [9.17, 15) is 8.42 Å². The van der Waals surface area contributed by atoms with E-state index in [1.165, 1.54) is 6.07 Å². The van der Waals surface area contributed by atoms with E-state index in [2.05, 4.69) is 6.92 Å². The monoisotopic (exact) mass is 286 g/mol. The Morgan fingerprint density at radius 1 is 1.37 bits per heavy atom. The Kier molecular flexibility index (Phi) is 4.65. The third-order valence-corrected chi connectivity index (χ3v) is 5.59. The molecule has 2 heterocycles. The van der Waals surface area contributed by atoms with Gasteiger partial charge >= 0.3 is 0 Å². The minimum atomic E-state index is -3.50. The third kappa shape index (κ3) is 3.19. The Hall–Kier alpha value is -0.850. The van der Waals surface area contributed by atoms with Crippen molar-refractivity contribution in [2.45, 2.75) is 44.2 Å². The summed E-state index contributed by atoms with van der Waals surface area (Å²) in [7, 11) is -3.50. The van der Waals surface area contributed by atoms with Gasteiger partial charge in [0, 0.05) is 13.1 Å². The lowest BCUT2D eigenvalue weighted by molar-refractivity contribution is 0.368. The fourth-order valence-electron chi connectivity index (χ4n) is 2.52. The van der Waals surface area contributed by atoms with Crippen LogP contribution < -0.4 is 5.73 Å². The molecule has 19 heavy (non-hydrogen) atoms. The van der Waals surface area contributed by atoms with E-state index in [4.69, 9.17) is 10.2 Å². The summed E-state index contributed by atoms with van der Waals surface area (Å²) in [5, 5.41) is 0.0166. The maximum atomic E-state index is 12.5. The predicted molar refractivity (Wildman–Crippen MR) is 73.0 cm³/mol. The van der Waals surface area contributed by atoms with Crippen molar-refractivity contribution < 1.29 is 12.8 Å². The summed E-state index contributed by atoms with van der Waals surface area (Å²) in [4.78, 5) is 0. The SMILES string of the molecule is CCC1CCCN(S(=O)(=O)c2ccc(CN)o2)CC1. The Morgan fingerprint density at radius 2 is 2.16 bits per heavy atom. The molecule has 108 valence electrons. The molecule has 1 aromatic heterocycles. The van der Waals surface area contributed by atoms with Gasteiger partial charge in [0.15, 0.2) is 0 Å². The number of hydrogen-bond donors (Lipinski definition) is 1. The van der Waals surface area contributed by atoms with Crippen LogP contribution in [0.1, 0.15) is 38.4 Å². The fraction of sp³-hybridized carbons (Fsp3) is 0.692. The first kappa shape index (κ1) is 14.6. The van der Waals surface area contributed by atoms with Crippen molar-refractivity contribution in [2.75, 3.05) is 13.1 Å². The number of rotatable bonds is 4. The molecule has 0 bridgehead atoms. The Labute approximate surface area is 114 Å². The molecule has 0 amide bonds. The number of nitrogens with zero attached hydrogens (tertiary/aromatic N) is 1. The molecule has 1 fully saturated rings. The number of nitrogens with two attached hydrogens (primary N) is 1. The van der Waals surface area contributed by atoms with Crippen LogP contribution in [0.3, 0.4) is 0 Å². The van der Waals surface area contributed by atoms with Crippen LogP contribution in [0.2, 0.25) is 0 Å². The predicted octanol–water partition coefficient (Wildman–Crippen LogP) is 1.94. The maximum absolute atomic E-state index is 12.5. The van der Waals surface area contributed by atoms with Crippen LogP contribution in [-0.2, 0) is 16.6 Å². The van der Waals surface area contributed by atoms with Gasteiger partial charge in [-0.25, -0.2) is 8.42 Å². The van der Waals surface area contributed by atoms with E-state index >= 15 is 0 Å². The van der Waals surface area contributed by atoms with Crippen LogP contribution in [-0.4, -0.2) is 25.8 Å². The van der Waals surface area contributed by atoms with Gasteiger partial charge in [0.25, 0.3) is 10.0 Å². The first-order chi connectivity index (χ1) is 9.07. The van der Waals surface area contributed by atoms with Crippen molar-refractivity contribution >= 4 is 10.0 Å². The molecule has 1 saturated heterocycles. The van der Waals surface area contributed by atoms with Crippen LogP contribution >= 0.6 is 0 Å². The summed E-state index contributed by atoms with van der Waals surface area (Å²) in [6.07, 6.45) is 4.07. The van der Waals surface area contributed by atoms with Crippen molar-refractivity contribution in [3.8, 4) is 0 Å². The summed E-state index contributed by atoms with van der Waals surface area (Å²) in [6.45, 7) is 3.54. The van der Waals surface area contributed by atoms with Gasteiger partial charge < -0.3 is 10.2 Å². The molecule has 1 aromatic rings. The van der Waals surface area contributed by atoms with Gasteiger partial charge in [-0.3, -0.25) is 0 Å². The molecule has 1 unspecified atom stereocenters. The second kappa shape index (κ2) is 6.07. The fourth-order valence-corrected chi connectivity index (χ4v) is 3.94. The average Bonchev–Trinajstić information content (AvgIpc) is 2.76. The minimum Gasteiger partial charge on any atom is -0.447 e. The molecule has 1 aliphatic rings. The van der Waals surface area contributed by atoms with Crippen LogP contribution in [0.5, 0.6) is 0 Å². The molecule has 0 radical (unpaired) electrons. The zero-order valence-electron chi connectivity index (χ0n) is 11.3. The summed E-state index contributed by atoms with van der Waals surface area (Å²) >= 11 is 0. The highest BCUT2D eigenvalue weighted by atomic mass is 32.2. The standard InChI is InChI=1S/C13H22N2O3S/c1-2-11-4-3-8-15(9-7-11)19(16,17)13-6-5-12(10-14)18-13/h5-6,11H,2-4,7-10,14H2,1H3.